The number of aliphatic hydroxyl groups is 2. The number of aromatic nitrogens is 2. The molecule has 1 aromatic heterocycles. The van der Waals surface area contributed by atoms with Gasteiger partial charge in [-0.05, 0) is 35.1 Å². The molecule has 4 atom stereocenters. The Hall–Kier alpha value is -2.06. The van der Waals surface area contributed by atoms with Crippen molar-refractivity contribution in [2.75, 3.05) is 18.5 Å². The van der Waals surface area contributed by atoms with E-state index in [1.165, 1.54) is 6.20 Å². The van der Waals surface area contributed by atoms with Gasteiger partial charge in [0.2, 0.25) is 0 Å². The Bertz CT molecular complexity index is 940. The van der Waals surface area contributed by atoms with Gasteiger partial charge in [-0.1, -0.05) is 30.3 Å². The summed E-state index contributed by atoms with van der Waals surface area (Å²) in [6, 6.07) is 9.74. The highest BCUT2D eigenvalue weighted by molar-refractivity contribution is 14.1. The standard InChI is InChI=1S/C20H24IN3O7/c1-12-15(25)16(26)18(31-12)24-10-14(21)17(22-19(24)27)23-20(28)30-9-5-8-29-11-13-6-3-2-4-7-13/h2-4,6-7,10,12,15-16,18,25-26H,5,8-9,11H2,1H3,(H,22,23,27,28)/t12-,15?,16?,18-/m1/s1. The number of hydrogen-bond acceptors (Lipinski definition) is 8. The maximum absolute atomic E-state index is 12.3. The summed E-state index contributed by atoms with van der Waals surface area (Å²) in [6.45, 7) is 2.66. The zero-order chi connectivity index (χ0) is 22.4. The van der Waals surface area contributed by atoms with E-state index >= 15 is 0 Å². The number of amides is 1. The molecule has 11 heteroatoms. The third-order valence-electron chi connectivity index (χ3n) is 4.66. The van der Waals surface area contributed by atoms with Crippen LogP contribution in [0.25, 0.3) is 0 Å². The van der Waals surface area contributed by atoms with Crippen LogP contribution in [0.15, 0.2) is 41.3 Å². The van der Waals surface area contributed by atoms with Crippen molar-refractivity contribution in [3.05, 3.63) is 56.1 Å². The van der Waals surface area contributed by atoms with Crippen LogP contribution in [-0.4, -0.2) is 57.4 Å². The van der Waals surface area contributed by atoms with Crippen LogP contribution in [0.3, 0.4) is 0 Å². The minimum atomic E-state index is -1.27. The molecule has 2 aromatic rings. The topological polar surface area (TPSA) is 132 Å². The van der Waals surface area contributed by atoms with Gasteiger partial charge in [0, 0.05) is 12.6 Å². The van der Waals surface area contributed by atoms with E-state index in [-0.39, 0.29) is 12.4 Å². The van der Waals surface area contributed by atoms with E-state index in [0.29, 0.717) is 23.2 Å². The maximum Gasteiger partial charge on any atom is 0.412 e. The highest BCUT2D eigenvalue weighted by Crippen LogP contribution is 2.28. The van der Waals surface area contributed by atoms with Crippen molar-refractivity contribution in [3.63, 3.8) is 0 Å². The Morgan fingerprint density at radius 2 is 2.00 bits per heavy atom. The van der Waals surface area contributed by atoms with Crippen LogP contribution >= 0.6 is 22.6 Å². The van der Waals surface area contributed by atoms with Crippen LogP contribution in [0.1, 0.15) is 25.1 Å². The van der Waals surface area contributed by atoms with Crippen molar-refractivity contribution in [2.45, 2.75) is 44.5 Å². The maximum atomic E-state index is 12.3. The Morgan fingerprint density at radius 1 is 1.26 bits per heavy atom. The first-order valence-corrected chi connectivity index (χ1v) is 10.8. The summed E-state index contributed by atoms with van der Waals surface area (Å²) in [4.78, 5) is 28.1. The average Bonchev–Trinajstić information content (AvgIpc) is 3.01. The second kappa shape index (κ2) is 11.0. The highest BCUT2D eigenvalue weighted by atomic mass is 127. The number of anilines is 1. The zero-order valence-corrected chi connectivity index (χ0v) is 19.0. The number of benzene rings is 1. The summed E-state index contributed by atoms with van der Waals surface area (Å²) < 4.78 is 17.6. The molecule has 1 fully saturated rings. The van der Waals surface area contributed by atoms with Crippen LogP contribution < -0.4 is 11.0 Å². The summed E-state index contributed by atoms with van der Waals surface area (Å²) in [5.41, 5.74) is 0.325. The fourth-order valence-electron chi connectivity index (χ4n) is 3.00. The molecule has 0 radical (unpaired) electrons. The summed E-state index contributed by atoms with van der Waals surface area (Å²) in [5.74, 6) is 0.0354. The van der Waals surface area contributed by atoms with Gasteiger partial charge in [-0.15, -0.1) is 0 Å². The molecular formula is C20H24IN3O7. The molecule has 2 heterocycles. The molecule has 0 bridgehead atoms. The number of halogens is 1. The number of carbonyl (C=O) groups is 1. The molecular weight excluding hydrogens is 521 g/mol. The molecule has 1 aromatic carbocycles. The van der Waals surface area contributed by atoms with E-state index in [1.807, 2.05) is 52.9 Å². The molecule has 3 rings (SSSR count). The third kappa shape index (κ3) is 6.23. The van der Waals surface area contributed by atoms with Gasteiger partial charge >= 0.3 is 11.8 Å². The minimum Gasteiger partial charge on any atom is -0.449 e. The molecule has 31 heavy (non-hydrogen) atoms. The SMILES string of the molecule is C[C@H]1O[C@@H](n2cc(I)c(NC(=O)OCCCOCc3ccccc3)nc2=O)C(O)C1O. The zero-order valence-electron chi connectivity index (χ0n) is 16.8. The van der Waals surface area contributed by atoms with Crippen molar-refractivity contribution in [1.82, 2.24) is 9.55 Å². The van der Waals surface area contributed by atoms with Gasteiger partial charge < -0.3 is 24.4 Å². The molecule has 1 aliphatic heterocycles. The number of carbonyl (C=O) groups excluding carboxylic acids is 1. The Labute approximate surface area is 192 Å². The van der Waals surface area contributed by atoms with Crippen LogP contribution in [-0.2, 0) is 20.8 Å². The lowest BCUT2D eigenvalue weighted by Crippen LogP contribution is -2.36. The number of aliphatic hydroxyl groups excluding tert-OH is 2. The van der Waals surface area contributed by atoms with E-state index in [0.717, 1.165) is 10.1 Å². The van der Waals surface area contributed by atoms with E-state index in [2.05, 4.69) is 10.3 Å². The Morgan fingerprint density at radius 3 is 2.68 bits per heavy atom. The van der Waals surface area contributed by atoms with Gasteiger partial charge in [0.25, 0.3) is 0 Å². The predicted molar refractivity (Wildman–Crippen MR) is 118 cm³/mol. The summed E-state index contributed by atoms with van der Waals surface area (Å²) in [5, 5.41) is 22.3. The van der Waals surface area contributed by atoms with Crippen LogP contribution in [0.5, 0.6) is 0 Å². The molecule has 2 unspecified atom stereocenters. The van der Waals surface area contributed by atoms with E-state index in [9.17, 15) is 19.8 Å². The van der Waals surface area contributed by atoms with Gasteiger partial charge in [-0.25, -0.2) is 9.59 Å². The normalized spacial score (nSPS) is 23.0. The molecule has 10 nitrogen and oxygen atoms in total. The van der Waals surface area contributed by atoms with Crippen molar-refractivity contribution >= 4 is 34.5 Å². The number of rotatable bonds is 8. The van der Waals surface area contributed by atoms with E-state index in [1.54, 1.807) is 6.92 Å². The summed E-state index contributed by atoms with van der Waals surface area (Å²) in [7, 11) is 0. The third-order valence-corrected chi connectivity index (χ3v) is 5.45. The fourth-order valence-corrected chi connectivity index (χ4v) is 3.55. The monoisotopic (exact) mass is 545 g/mol. The Balaban J connectivity index is 1.46. The molecule has 0 spiro atoms. The van der Waals surface area contributed by atoms with Crippen LogP contribution in [0.4, 0.5) is 10.6 Å². The van der Waals surface area contributed by atoms with E-state index < -0.39 is 36.3 Å². The second-order valence-corrected chi connectivity index (χ2v) is 8.16. The van der Waals surface area contributed by atoms with Crippen molar-refractivity contribution in [1.29, 1.82) is 0 Å². The van der Waals surface area contributed by atoms with Gasteiger partial charge in [0.1, 0.15) is 12.2 Å². The number of nitrogens with zero attached hydrogens (tertiary/aromatic N) is 2. The lowest BCUT2D eigenvalue weighted by Gasteiger charge is -2.18. The van der Waals surface area contributed by atoms with Gasteiger partial charge in [-0.3, -0.25) is 9.88 Å². The first-order valence-electron chi connectivity index (χ1n) is 9.72. The predicted octanol–water partition coefficient (Wildman–Crippen LogP) is 1.64. The van der Waals surface area contributed by atoms with Crippen molar-refractivity contribution in [3.8, 4) is 0 Å². The van der Waals surface area contributed by atoms with Crippen molar-refractivity contribution < 1.29 is 29.2 Å². The summed E-state index contributed by atoms with van der Waals surface area (Å²) in [6.07, 6.45) is -2.90. The van der Waals surface area contributed by atoms with Gasteiger partial charge in [-0.2, -0.15) is 4.98 Å². The molecule has 0 aliphatic carbocycles. The first kappa shape index (κ1) is 23.6. The van der Waals surface area contributed by atoms with Gasteiger partial charge in [0.15, 0.2) is 12.0 Å². The molecule has 1 aliphatic rings. The number of hydrogen-bond donors (Lipinski definition) is 3. The molecule has 3 N–H and O–H groups in total. The molecule has 0 saturated carbocycles. The van der Waals surface area contributed by atoms with E-state index in [4.69, 9.17) is 14.2 Å². The Kier molecular flexibility index (Phi) is 8.37. The fraction of sp³-hybridized carbons (Fsp3) is 0.450. The smallest absolute Gasteiger partial charge is 0.412 e. The number of nitrogens with one attached hydrogen (secondary N) is 1. The highest BCUT2D eigenvalue weighted by Gasteiger charge is 2.42. The van der Waals surface area contributed by atoms with Gasteiger partial charge in [0.05, 0.1) is 29.5 Å². The number of ether oxygens (including phenoxy) is 3. The van der Waals surface area contributed by atoms with Crippen molar-refractivity contribution in [2.24, 2.45) is 0 Å². The summed E-state index contributed by atoms with van der Waals surface area (Å²) >= 11 is 1.89. The minimum absolute atomic E-state index is 0.0354. The molecule has 168 valence electrons. The lowest BCUT2D eigenvalue weighted by molar-refractivity contribution is -0.0351. The second-order valence-electron chi connectivity index (χ2n) is 6.99. The van der Waals surface area contributed by atoms with Crippen LogP contribution in [0, 0.1) is 3.57 Å². The lowest BCUT2D eigenvalue weighted by atomic mass is 10.1. The quantitative estimate of drug-likeness (QED) is 0.337. The largest absolute Gasteiger partial charge is 0.449 e. The molecule has 1 saturated heterocycles. The van der Waals surface area contributed by atoms with Crippen LogP contribution in [0.2, 0.25) is 0 Å². The first-order chi connectivity index (χ1) is 14.9. The molecule has 1 amide bonds. The average molecular weight is 545 g/mol.